The summed E-state index contributed by atoms with van der Waals surface area (Å²) < 4.78 is 29.2. The summed E-state index contributed by atoms with van der Waals surface area (Å²) in [6, 6.07) is 18.5. The zero-order chi connectivity index (χ0) is 27.2. The minimum Gasteiger partial charge on any atom is -0.355 e. The van der Waals surface area contributed by atoms with Crippen molar-refractivity contribution in [3.8, 4) is 0 Å². The second-order valence-electron chi connectivity index (χ2n) is 8.17. The maximum atomic E-state index is 13.8. The highest BCUT2D eigenvalue weighted by molar-refractivity contribution is 9.10. The fourth-order valence-electron chi connectivity index (χ4n) is 3.67. The van der Waals surface area contributed by atoms with E-state index in [1.807, 2.05) is 24.3 Å². The molecule has 1 atom stereocenters. The topological polar surface area (TPSA) is 86.8 Å². The van der Waals surface area contributed by atoms with Crippen molar-refractivity contribution in [1.29, 1.82) is 0 Å². The largest absolute Gasteiger partial charge is 0.355 e. The van der Waals surface area contributed by atoms with Crippen molar-refractivity contribution in [1.82, 2.24) is 10.2 Å². The summed E-state index contributed by atoms with van der Waals surface area (Å²) in [7, 11) is -4.19. The lowest BCUT2D eigenvalue weighted by atomic mass is 10.1. The van der Waals surface area contributed by atoms with Crippen molar-refractivity contribution in [3.05, 3.63) is 92.9 Å². The molecule has 0 aliphatic heterocycles. The van der Waals surface area contributed by atoms with Crippen molar-refractivity contribution in [3.63, 3.8) is 0 Å². The van der Waals surface area contributed by atoms with Gasteiger partial charge >= 0.3 is 0 Å². The number of hydrogen-bond donors (Lipinski definition) is 1. The Kier molecular flexibility index (Phi) is 10.0. The molecule has 196 valence electrons. The van der Waals surface area contributed by atoms with E-state index >= 15 is 0 Å². The molecule has 2 amide bonds. The number of nitrogens with one attached hydrogen (secondary N) is 1. The van der Waals surface area contributed by atoms with Crippen LogP contribution in [-0.4, -0.2) is 44.3 Å². The summed E-state index contributed by atoms with van der Waals surface area (Å²) >= 11 is 15.8. The van der Waals surface area contributed by atoms with Gasteiger partial charge in [-0.1, -0.05) is 69.5 Å². The number of halogens is 3. The monoisotopic (exact) mass is 625 g/mol. The number of hydrogen-bond acceptors (Lipinski definition) is 4. The number of carbonyl (C=O) groups is 2. The van der Waals surface area contributed by atoms with Gasteiger partial charge in [-0.25, -0.2) is 8.42 Å². The minimum atomic E-state index is -4.19. The number of amides is 2. The molecule has 37 heavy (non-hydrogen) atoms. The van der Waals surface area contributed by atoms with E-state index in [2.05, 4.69) is 21.2 Å². The number of anilines is 1. The third kappa shape index (κ3) is 7.47. The first-order valence-corrected chi connectivity index (χ1v) is 14.4. The Morgan fingerprint density at radius 2 is 1.62 bits per heavy atom. The quantitative estimate of drug-likeness (QED) is 0.322. The summed E-state index contributed by atoms with van der Waals surface area (Å²) in [4.78, 5) is 27.9. The summed E-state index contributed by atoms with van der Waals surface area (Å²) in [5.41, 5.74) is 0.893. The minimum absolute atomic E-state index is 0.00536. The molecule has 0 aromatic heterocycles. The van der Waals surface area contributed by atoms with Crippen LogP contribution in [0.25, 0.3) is 0 Å². The molecule has 11 heteroatoms. The number of nitrogens with zero attached hydrogens (tertiary/aromatic N) is 2. The number of likely N-dealkylation sites (N-methyl/N-ethyl adjacent to an activating group) is 1. The number of rotatable bonds is 10. The Labute approximate surface area is 235 Å². The second kappa shape index (κ2) is 12.8. The first-order chi connectivity index (χ1) is 17.5. The number of benzene rings is 3. The highest BCUT2D eigenvalue weighted by Crippen LogP contribution is 2.30. The van der Waals surface area contributed by atoms with Gasteiger partial charge in [0.05, 0.1) is 10.6 Å². The number of sulfonamides is 1. The van der Waals surface area contributed by atoms with Crippen LogP contribution in [0.3, 0.4) is 0 Å². The van der Waals surface area contributed by atoms with E-state index in [9.17, 15) is 18.0 Å². The molecule has 0 saturated carbocycles. The molecule has 0 spiro atoms. The van der Waals surface area contributed by atoms with Crippen molar-refractivity contribution in [2.45, 2.75) is 31.3 Å². The van der Waals surface area contributed by atoms with Crippen LogP contribution in [0.5, 0.6) is 0 Å². The van der Waals surface area contributed by atoms with Crippen LogP contribution in [0, 0.1) is 0 Å². The lowest BCUT2D eigenvalue weighted by molar-refractivity contribution is -0.139. The van der Waals surface area contributed by atoms with E-state index in [0.717, 1.165) is 14.3 Å². The van der Waals surface area contributed by atoms with Crippen LogP contribution in [-0.2, 0) is 26.2 Å². The summed E-state index contributed by atoms with van der Waals surface area (Å²) in [6.07, 6.45) is 0. The van der Waals surface area contributed by atoms with Gasteiger partial charge in [0.1, 0.15) is 12.6 Å². The van der Waals surface area contributed by atoms with E-state index in [0.29, 0.717) is 6.54 Å². The van der Waals surface area contributed by atoms with Crippen molar-refractivity contribution in [2.75, 3.05) is 17.4 Å². The molecule has 0 fully saturated rings. The standard InChI is InChI=1S/C26H26BrCl2N3O4S/c1-3-30-26(34)18(2)31(16-19-8-7-9-20(27)12-19)25(33)17-32(23-14-21(28)13-22(29)15-23)37(35,36)24-10-5-4-6-11-24/h4-15,18H,3,16-17H2,1-2H3,(H,30,34)/t18-/m0/s1. The highest BCUT2D eigenvalue weighted by atomic mass is 79.9. The zero-order valence-electron chi connectivity index (χ0n) is 20.2. The lowest BCUT2D eigenvalue weighted by Crippen LogP contribution is -2.51. The van der Waals surface area contributed by atoms with Crippen LogP contribution in [0.15, 0.2) is 82.2 Å². The molecule has 0 radical (unpaired) electrons. The molecule has 3 rings (SSSR count). The molecule has 0 aliphatic rings. The predicted octanol–water partition coefficient (Wildman–Crippen LogP) is 5.50. The maximum Gasteiger partial charge on any atom is 0.264 e. The first-order valence-electron chi connectivity index (χ1n) is 11.4. The summed E-state index contributed by atoms with van der Waals surface area (Å²) in [5, 5.41) is 3.15. The maximum absolute atomic E-state index is 13.8. The van der Waals surface area contributed by atoms with Crippen LogP contribution in [0.2, 0.25) is 10.0 Å². The average molecular weight is 627 g/mol. The van der Waals surface area contributed by atoms with E-state index in [4.69, 9.17) is 23.2 Å². The first kappa shape index (κ1) is 29.0. The molecule has 0 heterocycles. The Bertz CT molecular complexity index is 1350. The molecular formula is C26H26BrCl2N3O4S. The van der Waals surface area contributed by atoms with Crippen molar-refractivity contribution < 1.29 is 18.0 Å². The fraction of sp³-hybridized carbons (Fsp3) is 0.231. The predicted molar refractivity (Wildman–Crippen MR) is 150 cm³/mol. The molecule has 0 unspecified atom stereocenters. The van der Waals surface area contributed by atoms with E-state index in [1.54, 1.807) is 32.0 Å². The van der Waals surface area contributed by atoms with Crippen LogP contribution < -0.4 is 9.62 Å². The Balaban J connectivity index is 2.05. The normalized spacial score (nSPS) is 12.0. The van der Waals surface area contributed by atoms with Gasteiger partial charge in [0.2, 0.25) is 11.8 Å². The Hall–Kier alpha value is -2.59. The average Bonchev–Trinajstić information content (AvgIpc) is 2.85. The third-order valence-electron chi connectivity index (χ3n) is 5.51. The highest BCUT2D eigenvalue weighted by Gasteiger charge is 2.32. The van der Waals surface area contributed by atoms with Gasteiger partial charge in [0.25, 0.3) is 10.0 Å². The van der Waals surface area contributed by atoms with Crippen LogP contribution in [0.1, 0.15) is 19.4 Å². The smallest absolute Gasteiger partial charge is 0.264 e. The molecule has 0 bridgehead atoms. The van der Waals surface area contributed by atoms with Gasteiger partial charge < -0.3 is 10.2 Å². The number of carbonyl (C=O) groups excluding carboxylic acids is 2. The molecule has 0 saturated heterocycles. The van der Waals surface area contributed by atoms with Gasteiger partial charge in [-0.3, -0.25) is 13.9 Å². The van der Waals surface area contributed by atoms with Gasteiger partial charge in [-0.15, -0.1) is 0 Å². The van der Waals surface area contributed by atoms with E-state index in [-0.39, 0.29) is 33.1 Å². The zero-order valence-corrected chi connectivity index (χ0v) is 24.1. The summed E-state index contributed by atoms with van der Waals surface area (Å²) in [5.74, 6) is -0.927. The third-order valence-corrected chi connectivity index (χ3v) is 8.22. The molecular weight excluding hydrogens is 601 g/mol. The summed E-state index contributed by atoms with van der Waals surface area (Å²) in [6.45, 7) is 3.28. The molecule has 3 aromatic rings. The van der Waals surface area contributed by atoms with E-state index in [1.165, 1.54) is 35.2 Å². The lowest BCUT2D eigenvalue weighted by Gasteiger charge is -2.32. The SMILES string of the molecule is CCNC(=O)[C@H](C)N(Cc1cccc(Br)c1)C(=O)CN(c1cc(Cl)cc(Cl)c1)S(=O)(=O)c1ccccc1. The van der Waals surface area contributed by atoms with Gasteiger partial charge in [0.15, 0.2) is 0 Å². The van der Waals surface area contributed by atoms with Crippen LogP contribution >= 0.6 is 39.1 Å². The Morgan fingerprint density at radius 3 is 2.22 bits per heavy atom. The van der Waals surface area contributed by atoms with Gasteiger partial charge in [-0.05, 0) is 61.9 Å². The molecule has 0 aliphatic carbocycles. The van der Waals surface area contributed by atoms with Crippen molar-refractivity contribution >= 4 is 66.7 Å². The van der Waals surface area contributed by atoms with Gasteiger partial charge in [0, 0.05) is 27.6 Å². The second-order valence-corrected chi connectivity index (χ2v) is 11.8. The van der Waals surface area contributed by atoms with E-state index < -0.39 is 28.5 Å². The fourth-order valence-corrected chi connectivity index (χ4v) is 6.05. The molecule has 7 nitrogen and oxygen atoms in total. The Morgan fingerprint density at radius 1 is 0.973 bits per heavy atom. The molecule has 3 aromatic carbocycles. The molecule has 1 N–H and O–H groups in total. The van der Waals surface area contributed by atoms with Crippen LogP contribution in [0.4, 0.5) is 5.69 Å². The van der Waals surface area contributed by atoms with Gasteiger partial charge in [-0.2, -0.15) is 0 Å². The van der Waals surface area contributed by atoms with Crippen molar-refractivity contribution in [2.24, 2.45) is 0 Å².